The second-order valence-corrected chi connectivity index (χ2v) is 5.06. The molecule has 0 bridgehead atoms. The van der Waals surface area contributed by atoms with Crippen molar-refractivity contribution in [3.63, 3.8) is 0 Å². The minimum atomic E-state index is -0.0956. The zero-order chi connectivity index (χ0) is 14.7. The summed E-state index contributed by atoms with van der Waals surface area (Å²) in [6.07, 6.45) is 0. The number of methoxy groups -OCH3 is 1. The third-order valence-corrected chi connectivity index (χ3v) is 3.39. The van der Waals surface area contributed by atoms with E-state index >= 15 is 0 Å². The van der Waals surface area contributed by atoms with Crippen molar-refractivity contribution in [1.29, 1.82) is 0 Å². The summed E-state index contributed by atoms with van der Waals surface area (Å²) in [5.74, 6) is 1.81. The fourth-order valence-corrected chi connectivity index (χ4v) is 2.16. The van der Waals surface area contributed by atoms with Crippen molar-refractivity contribution >= 4 is 27.4 Å². The number of carbonyl (C=O) groups is 1. The Bertz CT molecular complexity index is 656. The Morgan fingerprint density at radius 3 is 2.45 bits per heavy atom. The maximum Gasteiger partial charge on any atom is 0.162 e. The van der Waals surface area contributed by atoms with Crippen LogP contribution in [0.4, 0.5) is 5.69 Å². The van der Waals surface area contributed by atoms with Crippen LogP contribution in [0.5, 0.6) is 17.2 Å². The van der Waals surface area contributed by atoms with E-state index in [9.17, 15) is 4.79 Å². The first-order chi connectivity index (χ1) is 9.51. The number of nitrogens with two attached hydrogens (primary N) is 1. The molecule has 5 heteroatoms. The van der Waals surface area contributed by atoms with Crippen molar-refractivity contribution in [3.8, 4) is 17.2 Å². The van der Waals surface area contributed by atoms with E-state index in [4.69, 9.17) is 15.2 Å². The summed E-state index contributed by atoms with van der Waals surface area (Å²) in [6.45, 7) is 1.47. The van der Waals surface area contributed by atoms with E-state index in [-0.39, 0.29) is 5.78 Å². The molecule has 2 aromatic rings. The van der Waals surface area contributed by atoms with Crippen molar-refractivity contribution in [3.05, 3.63) is 46.4 Å². The van der Waals surface area contributed by atoms with Crippen molar-refractivity contribution in [2.24, 2.45) is 0 Å². The van der Waals surface area contributed by atoms with Crippen LogP contribution in [0.3, 0.4) is 0 Å². The Labute approximate surface area is 125 Å². The lowest BCUT2D eigenvalue weighted by molar-refractivity contribution is 0.101. The normalized spacial score (nSPS) is 10.2. The van der Waals surface area contributed by atoms with Gasteiger partial charge in [-0.25, -0.2) is 0 Å². The molecule has 0 fully saturated rings. The highest BCUT2D eigenvalue weighted by atomic mass is 79.9. The molecule has 20 heavy (non-hydrogen) atoms. The summed E-state index contributed by atoms with van der Waals surface area (Å²) in [5.41, 5.74) is 6.64. The lowest BCUT2D eigenvalue weighted by Crippen LogP contribution is -2.00. The van der Waals surface area contributed by atoms with Crippen LogP contribution >= 0.6 is 15.9 Å². The number of benzene rings is 2. The van der Waals surface area contributed by atoms with E-state index in [1.807, 2.05) is 0 Å². The van der Waals surface area contributed by atoms with E-state index in [2.05, 4.69) is 15.9 Å². The number of hydrogen-bond donors (Lipinski definition) is 1. The number of hydrogen-bond acceptors (Lipinski definition) is 4. The number of Topliss-reactive ketones (excluding diaryl/α,β-unsaturated/α-hetero) is 1. The Kier molecular flexibility index (Phi) is 4.29. The molecule has 0 aromatic heterocycles. The molecule has 0 aliphatic heterocycles. The third-order valence-electron chi connectivity index (χ3n) is 2.77. The van der Waals surface area contributed by atoms with Gasteiger partial charge in [-0.2, -0.15) is 0 Å². The molecule has 2 rings (SSSR count). The topological polar surface area (TPSA) is 61.6 Å². The highest BCUT2D eigenvalue weighted by molar-refractivity contribution is 9.10. The van der Waals surface area contributed by atoms with Gasteiger partial charge in [0.15, 0.2) is 5.78 Å². The lowest BCUT2D eigenvalue weighted by Gasteiger charge is -2.10. The van der Waals surface area contributed by atoms with Crippen molar-refractivity contribution in [2.75, 3.05) is 12.8 Å². The molecule has 0 heterocycles. The van der Waals surface area contributed by atoms with E-state index in [0.29, 0.717) is 22.7 Å². The van der Waals surface area contributed by atoms with Gasteiger partial charge in [-0.3, -0.25) is 4.79 Å². The first-order valence-corrected chi connectivity index (χ1v) is 6.72. The summed E-state index contributed by atoms with van der Waals surface area (Å²) in [6, 6.07) is 10.4. The van der Waals surface area contributed by atoms with Crippen LogP contribution < -0.4 is 15.2 Å². The van der Waals surface area contributed by atoms with Crippen LogP contribution in [0.25, 0.3) is 0 Å². The molecule has 104 valence electrons. The smallest absolute Gasteiger partial charge is 0.162 e. The molecule has 0 aliphatic carbocycles. The average Bonchev–Trinajstić information content (AvgIpc) is 2.42. The molecular formula is C15H14BrNO3. The third kappa shape index (κ3) is 3.11. The van der Waals surface area contributed by atoms with Gasteiger partial charge in [-0.15, -0.1) is 0 Å². The van der Waals surface area contributed by atoms with Gasteiger partial charge >= 0.3 is 0 Å². The molecule has 0 amide bonds. The zero-order valence-electron chi connectivity index (χ0n) is 11.1. The molecule has 2 aromatic carbocycles. The minimum absolute atomic E-state index is 0.0956. The van der Waals surface area contributed by atoms with Gasteiger partial charge in [0.2, 0.25) is 0 Å². The van der Waals surface area contributed by atoms with Gasteiger partial charge in [-0.05, 0) is 59.3 Å². The molecular weight excluding hydrogens is 322 g/mol. The number of carbonyl (C=O) groups excluding carboxylic acids is 1. The minimum Gasteiger partial charge on any atom is -0.497 e. The standard InChI is InChI=1S/C15H14BrNO3/c1-9(18)12-7-11(3-5-14(12)17)20-15-6-4-10(19-2)8-13(15)16/h3-8H,17H2,1-2H3. The van der Waals surface area contributed by atoms with Crippen LogP contribution in [0.15, 0.2) is 40.9 Å². The largest absolute Gasteiger partial charge is 0.497 e. The maximum atomic E-state index is 11.5. The van der Waals surface area contributed by atoms with Crippen LogP contribution in [-0.4, -0.2) is 12.9 Å². The molecule has 2 N–H and O–H groups in total. The highest BCUT2D eigenvalue weighted by Gasteiger charge is 2.09. The van der Waals surface area contributed by atoms with Gasteiger partial charge in [0.25, 0.3) is 0 Å². The van der Waals surface area contributed by atoms with Crippen LogP contribution in [-0.2, 0) is 0 Å². The number of ketones is 1. The number of halogens is 1. The Hall–Kier alpha value is -2.01. The van der Waals surface area contributed by atoms with Gasteiger partial charge in [0.1, 0.15) is 17.2 Å². The summed E-state index contributed by atoms with van der Waals surface area (Å²) in [5, 5.41) is 0. The molecule has 0 atom stereocenters. The lowest BCUT2D eigenvalue weighted by atomic mass is 10.1. The first kappa shape index (κ1) is 14.4. The molecule has 0 spiro atoms. The first-order valence-electron chi connectivity index (χ1n) is 5.93. The van der Waals surface area contributed by atoms with Crippen LogP contribution in [0, 0.1) is 0 Å². The number of rotatable bonds is 4. The van der Waals surface area contributed by atoms with E-state index in [1.165, 1.54) is 6.92 Å². The monoisotopic (exact) mass is 335 g/mol. The van der Waals surface area contributed by atoms with Crippen molar-refractivity contribution in [2.45, 2.75) is 6.92 Å². The number of anilines is 1. The summed E-state index contributed by atoms with van der Waals surface area (Å²) in [4.78, 5) is 11.5. The Morgan fingerprint density at radius 2 is 1.85 bits per heavy atom. The average molecular weight is 336 g/mol. The van der Waals surface area contributed by atoms with Gasteiger partial charge in [0, 0.05) is 11.3 Å². The Balaban J connectivity index is 2.30. The van der Waals surface area contributed by atoms with Crippen molar-refractivity contribution in [1.82, 2.24) is 0 Å². The molecule has 0 radical (unpaired) electrons. The number of ether oxygens (including phenoxy) is 2. The second-order valence-electron chi connectivity index (χ2n) is 4.20. The fourth-order valence-electron chi connectivity index (χ4n) is 1.72. The molecule has 0 saturated carbocycles. The van der Waals surface area contributed by atoms with Crippen LogP contribution in [0.2, 0.25) is 0 Å². The van der Waals surface area contributed by atoms with Gasteiger partial charge in [0.05, 0.1) is 11.6 Å². The zero-order valence-corrected chi connectivity index (χ0v) is 12.7. The summed E-state index contributed by atoms with van der Waals surface area (Å²) in [7, 11) is 1.60. The predicted octanol–water partition coefficient (Wildman–Crippen LogP) is 4.03. The molecule has 0 unspecified atom stereocenters. The SMILES string of the molecule is COc1ccc(Oc2ccc(N)c(C(C)=O)c2)c(Br)c1. The molecule has 0 saturated heterocycles. The van der Waals surface area contributed by atoms with Gasteiger partial charge in [-0.1, -0.05) is 0 Å². The Morgan fingerprint density at radius 1 is 1.15 bits per heavy atom. The van der Waals surface area contributed by atoms with E-state index < -0.39 is 0 Å². The summed E-state index contributed by atoms with van der Waals surface area (Å²) >= 11 is 3.41. The fraction of sp³-hybridized carbons (Fsp3) is 0.133. The molecule has 4 nitrogen and oxygen atoms in total. The highest BCUT2D eigenvalue weighted by Crippen LogP contribution is 2.33. The second kappa shape index (κ2) is 5.96. The van der Waals surface area contributed by atoms with Gasteiger partial charge < -0.3 is 15.2 Å². The number of nitrogen functional groups attached to an aromatic ring is 1. The van der Waals surface area contributed by atoms with Crippen LogP contribution in [0.1, 0.15) is 17.3 Å². The maximum absolute atomic E-state index is 11.5. The molecule has 0 aliphatic rings. The van der Waals surface area contributed by atoms with E-state index in [0.717, 1.165) is 10.2 Å². The quantitative estimate of drug-likeness (QED) is 0.676. The summed E-state index contributed by atoms with van der Waals surface area (Å²) < 4.78 is 11.6. The van der Waals surface area contributed by atoms with Crippen molar-refractivity contribution < 1.29 is 14.3 Å². The van der Waals surface area contributed by atoms with E-state index in [1.54, 1.807) is 43.5 Å². The predicted molar refractivity (Wildman–Crippen MR) is 81.6 cm³/mol.